The van der Waals surface area contributed by atoms with Crippen LogP contribution in [0.3, 0.4) is 0 Å². The molecule has 31 heavy (non-hydrogen) atoms. The molecular weight excluding hydrogens is 426 g/mol. The van der Waals surface area contributed by atoms with E-state index in [0.717, 1.165) is 45.3 Å². The third-order valence-corrected chi connectivity index (χ3v) is 7.61. The molecule has 10 heteroatoms. The van der Waals surface area contributed by atoms with Crippen molar-refractivity contribution >= 4 is 28.3 Å². The lowest BCUT2D eigenvalue weighted by Gasteiger charge is -2.34. The molecule has 4 aliphatic rings. The van der Waals surface area contributed by atoms with Crippen molar-refractivity contribution in [2.24, 2.45) is 0 Å². The van der Waals surface area contributed by atoms with Gasteiger partial charge in [0.05, 0.1) is 10.9 Å². The zero-order valence-corrected chi connectivity index (χ0v) is 17.9. The fourth-order valence-corrected chi connectivity index (χ4v) is 6.06. The van der Waals surface area contributed by atoms with E-state index in [4.69, 9.17) is 16.3 Å². The van der Waals surface area contributed by atoms with Gasteiger partial charge >= 0.3 is 6.01 Å². The summed E-state index contributed by atoms with van der Waals surface area (Å²) in [7, 11) is 0. The van der Waals surface area contributed by atoms with Crippen molar-refractivity contribution in [1.29, 1.82) is 0 Å². The Morgan fingerprint density at radius 3 is 2.84 bits per heavy atom. The summed E-state index contributed by atoms with van der Waals surface area (Å²) in [5.41, 5.74) is -0.207. The van der Waals surface area contributed by atoms with Gasteiger partial charge in [-0.05, 0) is 32.2 Å². The Kier molecular flexibility index (Phi) is 4.70. The van der Waals surface area contributed by atoms with Crippen molar-refractivity contribution in [3.8, 4) is 6.01 Å². The van der Waals surface area contributed by atoms with Crippen LogP contribution in [0.5, 0.6) is 6.01 Å². The van der Waals surface area contributed by atoms with E-state index in [0.29, 0.717) is 42.9 Å². The highest BCUT2D eigenvalue weighted by atomic mass is 35.5. The molecule has 7 nitrogen and oxygen atoms in total. The number of alkyl halides is 1. The Balaban J connectivity index is 1.36. The lowest BCUT2D eigenvalue weighted by atomic mass is 9.95. The Morgan fingerprint density at radius 1 is 1.23 bits per heavy atom. The van der Waals surface area contributed by atoms with Gasteiger partial charge in [-0.25, -0.2) is 13.8 Å². The number of fused-ring (bicyclic) bond motifs is 4. The quantitative estimate of drug-likeness (QED) is 0.718. The molecule has 4 aliphatic heterocycles. The minimum atomic E-state index is -0.837. The summed E-state index contributed by atoms with van der Waals surface area (Å²) in [6, 6.07) is 0.895. The molecule has 0 aliphatic carbocycles. The second kappa shape index (κ2) is 7.35. The monoisotopic (exact) mass is 450 g/mol. The normalized spacial score (nSPS) is 32.7. The number of nitrogens with one attached hydrogen (secondary N) is 1. The minimum absolute atomic E-state index is 0.109. The van der Waals surface area contributed by atoms with Crippen molar-refractivity contribution in [3.63, 3.8) is 0 Å². The lowest BCUT2D eigenvalue weighted by molar-refractivity contribution is 0.107. The fourth-order valence-electron chi connectivity index (χ4n) is 5.92. The molecule has 4 atom stereocenters. The number of anilines is 1. The minimum Gasteiger partial charge on any atom is -0.461 e. The van der Waals surface area contributed by atoms with Gasteiger partial charge in [-0.2, -0.15) is 9.97 Å². The van der Waals surface area contributed by atoms with Crippen LogP contribution in [0.15, 0.2) is 6.20 Å². The van der Waals surface area contributed by atoms with Gasteiger partial charge in [-0.3, -0.25) is 4.90 Å². The number of aromatic nitrogens is 3. The molecule has 0 spiro atoms. The Labute approximate surface area is 184 Å². The van der Waals surface area contributed by atoms with Crippen LogP contribution in [0.4, 0.5) is 14.6 Å². The maximum absolute atomic E-state index is 14.9. The van der Waals surface area contributed by atoms with Crippen molar-refractivity contribution in [3.05, 3.63) is 17.2 Å². The molecule has 2 aromatic rings. The smallest absolute Gasteiger partial charge is 0.319 e. The summed E-state index contributed by atoms with van der Waals surface area (Å²) in [6.07, 6.45) is 5.31. The number of hydrogen-bond acceptors (Lipinski definition) is 7. The predicted octanol–water partition coefficient (Wildman–Crippen LogP) is 2.71. The van der Waals surface area contributed by atoms with E-state index in [9.17, 15) is 8.78 Å². The number of ether oxygens (including phenoxy) is 1. The Bertz CT molecular complexity index is 1020. The molecule has 6 heterocycles. The molecular formula is C21H25ClF2N6O. The maximum Gasteiger partial charge on any atom is 0.319 e. The number of pyridine rings is 1. The molecule has 2 unspecified atom stereocenters. The number of piperazine rings is 1. The highest BCUT2D eigenvalue weighted by molar-refractivity contribution is 6.30. The molecule has 0 saturated carbocycles. The second-order valence-electron chi connectivity index (χ2n) is 9.36. The fraction of sp³-hybridized carbons (Fsp3) is 0.667. The van der Waals surface area contributed by atoms with E-state index in [1.54, 1.807) is 0 Å². The van der Waals surface area contributed by atoms with E-state index in [2.05, 4.69) is 30.1 Å². The summed E-state index contributed by atoms with van der Waals surface area (Å²) < 4.78 is 35.0. The van der Waals surface area contributed by atoms with Crippen LogP contribution in [0, 0.1) is 5.82 Å². The van der Waals surface area contributed by atoms with Crippen LogP contribution >= 0.6 is 11.6 Å². The SMILES string of the molecule is Fc1c(Cl)ncc2c(N3C[C@H]4CC[C@@H](C3)N4)nc(OCC34CCCN3CC(F)C4)nc12. The van der Waals surface area contributed by atoms with Crippen LogP contribution in [0.25, 0.3) is 10.9 Å². The van der Waals surface area contributed by atoms with Gasteiger partial charge in [-0.15, -0.1) is 0 Å². The Hall–Kier alpha value is -1.84. The van der Waals surface area contributed by atoms with E-state index in [1.807, 2.05) is 0 Å². The van der Waals surface area contributed by atoms with E-state index in [1.165, 1.54) is 6.20 Å². The Morgan fingerprint density at radius 2 is 2.03 bits per heavy atom. The molecule has 166 valence electrons. The van der Waals surface area contributed by atoms with E-state index < -0.39 is 12.0 Å². The topological polar surface area (TPSA) is 66.4 Å². The third kappa shape index (κ3) is 3.32. The van der Waals surface area contributed by atoms with E-state index in [-0.39, 0.29) is 22.2 Å². The van der Waals surface area contributed by atoms with Gasteiger partial charge in [0.2, 0.25) is 0 Å². The van der Waals surface area contributed by atoms with Crippen LogP contribution in [-0.4, -0.2) is 76.4 Å². The van der Waals surface area contributed by atoms with Crippen LogP contribution < -0.4 is 15.0 Å². The van der Waals surface area contributed by atoms with Gasteiger partial charge < -0.3 is 15.0 Å². The first-order chi connectivity index (χ1) is 15.0. The summed E-state index contributed by atoms with van der Waals surface area (Å²) in [6.45, 7) is 3.20. The lowest BCUT2D eigenvalue weighted by Crippen LogP contribution is -2.51. The number of hydrogen-bond donors (Lipinski definition) is 1. The summed E-state index contributed by atoms with van der Waals surface area (Å²) in [5.74, 6) is -0.0480. The zero-order chi connectivity index (χ0) is 21.2. The van der Waals surface area contributed by atoms with Crippen molar-refractivity contribution < 1.29 is 13.5 Å². The van der Waals surface area contributed by atoms with Crippen LogP contribution in [-0.2, 0) is 0 Å². The van der Waals surface area contributed by atoms with Crippen LogP contribution in [0.1, 0.15) is 32.1 Å². The van der Waals surface area contributed by atoms with Gasteiger partial charge in [-0.1, -0.05) is 11.6 Å². The summed E-state index contributed by atoms with van der Waals surface area (Å²) in [5, 5.41) is 3.90. The summed E-state index contributed by atoms with van der Waals surface area (Å²) in [4.78, 5) is 17.4. The molecule has 2 aromatic heterocycles. The zero-order valence-electron chi connectivity index (χ0n) is 17.2. The van der Waals surface area contributed by atoms with Gasteiger partial charge in [0, 0.05) is 44.3 Å². The number of rotatable bonds is 4. The standard InChI is InChI=1S/C21H25ClF2N6O/c22-18-16(24)17-15(7-25-18)19(29-9-13-2-3-14(10-29)26-13)28-20(27-17)31-11-21-4-1-5-30(21)8-12(23)6-21/h7,12-14,26H,1-6,8-11H2/t12?,13-,14+,21?. The van der Waals surface area contributed by atoms with Gasteiger partial charge in [0.1, 0.15) is 24.1 Å². The number of nitrogens with zero attached hydrogens (tertiary/aromatic N) is 5. The first-order valence-corrected chi connectivity index (χ1v) is 11.4. The van der Waals surface area contributed by atoms with E-state index >= 15 is 0 Å². The molecule has 1 N–H and O–H groups in total. The first kappa shape index (κ1) is 19.8. The average molecular weight is 451 g/mol. The molecule has 0 radical (unpaired) electrons. The van der Waals surface area contributed by atoms with Crippen LogP contribution in [0.2, 0.25) is 5.15 Å². The third-order valence-electron chi connectivity index (χ3n) is 7.35. The number of halogens is 3. The van der Waals surface area contributed by atoms with Crippen molar-refractivity contribution in [1.82, 2.24) is 25.2 Å². The molecule has 0 aromatic carbocycles. The molecule has 6 rings (SSSR count). The maximum atomic E-state index is 14.9. The predicted molar refractivity (Wildman–Crippen MR) is 113 cm³/mol. The summed E-state index contributed by atoms with van der Waals surface area (Å²) >= 11 is 5.94. The van der Waals surface area contributed by atoms with Crippen molar-refractivity contribution in [2.75, 3.05) is 37.7 Å². The first-order valence-electron chi connectivity index (χ1n) is 11.1. The molecule has 0 amide bonds. The van der Waals surface area contributed by atoms with Crippen molar-refractivity contribution in [2.45, 2.75) is 55.9 Å². The second-order valence-corrected chi connectivity index (χ2v) is 9.72. The largest absolute Gasteiger partial charge is 0.461 e. The molecule has 4 fully saturated rings. The molecule has 4 saturated heterocycles. The van der Waals surface area contributed by atoms with Gasteiger partial charge in [0.25, 0.3) is 0 Å². The average Bonchev–Trinajstić information content (AvgIpc) is 3.40. The molecule has 2 bridgehead atoms. The van der Waals surface area contributed by atoms with Gasteiger partial charge in [0.15, 0.2) is 11.0 Å². The highest BCUT2D eigenvalue weighted by Crippen LogP contribution is 2.40. The highest BCUT2D eigenvalue weighted by Gasteiger charge is 2.49.